The average Bonchev–Trinajstić information content (AvgIpc) is 3.10. The summed E-state index contributed by atoms with van der Waals surface area (Å²) in [6.45, 7) is 12.5. The van der Waals surface area contributed by atoms with Crippen LogP contribution in [0.1, 0.15) is 59.7 Å². The number of aromatic nitrogens is 2. The fraction of sp³-hybridized carbons (Fsp3) is 0.520. The van der Waals surface area contributed by atoms with E-state index in [0.29, 0.717) is 11.3 Å². The molecule has 0 radical (unpaired) electrons. The summed E-state index contributed by atoms with van der Waals surface area (Å²) in [5.74, 6) is -0.902. The number of aryl methyl sites for hydroxylation is 1. The lowest BCUT2D eigenvalue weighted by Crippen LogP contribution is -2.61. The number of imidazole rings is 1. The maximum atomic E-state index is 13.5. The molecule has 0 aliphatic rings. The van der Waals surface area contributed by atoms with Crippen LogP contribution in [-0.2, 0) is 33.3 Å². The van der Waals surface area contributed by atoms with Gasteiger partial charge in [-0.3, -0.25) is 9.59 Å². The number of ether oxygens (including phenoxy) is 1. The smallest absolute Gasteiger partial charge is 0.408 e. The van der Waals surface area contributed by atoms with Crippen molar-refractivity contribution in [2.24, 2.45) is 7.05 Å². The summed E-state index contributed by atoms with van der Waals surface area (Å²) in [5, 5.41) is 8.46. The summed E-state index contributed by atoms with van der Waals surface area (Å²) in [5.41, 5.74) is -1.41. The highest BCUT2D eigenvalue weighted by Crippen LogP contribution is 2.23. The highest BCUT2D eigenvalue weighted by molar-refractivity contribution is 5.95. The number of hydrogen-bond donors (Lipinski definition) is 3. The molecule has 0 saturated heterocycles. The van der Waals surface area contributed by atoms with Crippen LogP contribution in [0.25, 0.3) is 0 Å². The van der Waals surface area contributed by atoms with E-state index in [-0.39, 0.29) is 12.3 Å². The van der Waals surface area contributed by atoms with Gasteiger partial charge in [0.25, 0.3) is 5.91 Å². The Bertz CT molecular complexity index is 1000. The molecule has 3 N–H and O–H groups in total. The van der Waals surface area contributed by atoms with Crippen LogP contribution in [-0.4, -0.2) is 44.6 Å². The molecule has 9 nitrogen and oxygen atoms in total. The summed E-state index contributed by atoms with van der Waals surface area (Å²) >= 11 is 0. The van der Waals surface area contributed by atoms with Crippen molar-refractivity contribution in [2.75, 3.05) is 0 Å². The molecular formula is C25H37N5O4. The minimum atomic E-state index is -1.39. The van der Waals surface area contributed by atoms with E-state index in [9.17, 15) is 14.4 Å². The van der Waals surface area contributed by atoms with Crippen LogP contribution < -0.4 is 16.0 Å². The van der Waals surface area contributed by atoms with Crippen LogP contribution >= 0.6 is 0 Å². The van der Waals surface area contributed by atoms with E-state index >= 15 is 0 Å². The van der Waals surface area contributed by atoms with Gasteiger partial charge in [-0.05, 0) is 54.0 Å². The molecule has 2 atom stereocenters. The van der Waals surface area contributed by atoms with Gasteiger partial charge >= 0.3 is 6.09 Å². The topological polar surface area (TPSA) is 114 Å². The van der Waals surface area contributed by atoms with Gasteiger partial charge in [-0.25, -0.2) is 9.78 Å². The van der Waals surface area contributed by atoms with Gasteiger partial charge < -0.3 is 25.3 Å². The Balaban J connectivity index is 2.37. The zero-order valence-corrected chi connectivity index (χ0v) is 21.4. The van der Waals surface area contributed by atoms with E-state index in [1.54, 1.807) is 69.1 Å². The van der Waals surface area contributed by atoms with Gasteiger partial charge in [0.1, 0.15) is 17.2 Å². The predicted molar refractivity (Wildman–Crippen MR) is 130 cm³/mol. The summed E-state index contributed by atoms with van der Waals surface area (Å²) in [6.07, 6.45) is 2.77. The maximum absolute atomic E-state index is 13.5. The zero-order valence-electron chi connectivity index (χ0n) is 21.4. The van der Waals surface area contributed by atoms with E-state index in [2.05, 4.69) is 20.9 Å². The van der Waals surface area contributed by atoms with E-state index in [1.165, 1.54) is 0 Å². The molecule has 2 rings (SSSR count). The van der Waals surface area contributed by atoms with Crippen LogP contribution in [0.2, 0.25) is 0 Å². The fourth-order valence-electron chi connectivity index (χ4n) is 3.27. The van der Waals surface area contributed by atoms with Crippen molar-refractivity contribution in [1.82, 2.24) is 25.5 Å². The molecule has 0 aliphatic heterocycles. The van der Waals surface area contributed by atoms with Gasteiger partial charge in [0, 0.05) is 25.2 Å². The lowest BCUT2D eigenvalue weighted by Gasteiger charge is -2.35. The van der Waals surface area contributed by atoms with E-state index < -0.39 is 34.7 Å². The number of hydrogen-bond acceptors (Lipinski definition) is 5. The molecule has 0 spiro atoms. The molecule has 1 aromatic heterocycles. The molecule has 34 heavy (non-hydrogen) atoms. The van der Waals surface area contributed by atoms with Crippen molar-refractivity contribution in [1.29, 1.82) is 0 Å². The maximum Gasteiger partial charge on any atom is 0.408 e. The Kier molecular flexibility index (Phi) is 8.13. The largest absolute Gasteiger partial charge is 0.444 e. The van der Waals surface area contributed by atoms with Crippen LogP contribution in [0.3, 0.4) is 0 Å². The van der Waals surface area contributed by atoms with Crippen molar-refractivity contribution in [2.45, 2.75) is 77.6 Å². The second-order valence-corrected chi connectivity index (χ2v) is 10.6. The Morgan fingerprint density at radius 3 is 2.12 bits per heavy atom. The SMILES string of the molecule is Cn1cnc(C[C@H](NC(=O)OC(C)(C)C)C(=O)N[C@](C)(C(=O)NC(C)(C)C)c2ccccc2)c1. The number of nitrogens with zero attached hydrogens (tertiary/aromatic N) is 2. The summed E-state index contributed by atoms with van der Waals surface area (Å²) < 4.78 is 7.11. The number of amides is 3. The first-order valence-corrected chi connectivity index (χ1v) is 11.3. The number of carbonyl (C=O) groups is 3. The van der Waals surface area contributed by atoms with Crippen molar-refractivity contribution < 1.29 is 19.1 Å². The number of nitrogens with one attached hydrogen (secondary N) is 3. The first kappa shape index (κ1) is 26.9. The van der Waals surface area contributed by atoms with E-state index in [0.717, 1.165) is 0 Å². The second-order valence-electron chi connectivity index (χ2n) is 10.6. The molecule has 1 aromatic carbocycles. The number of carbonyl (C=O) groups excluding carboxylic acids is 3. The Hall–Kier alpha value is -3.36. The minimum absolute atomic E-state index is 0.123. The van der Waals surface area contributed by atoms with Crippen LogP contribution in [0.4, 0.5) is 4.79 Å². The van der Waals surface area contributed by atoms with Crippen LogP contribution in [0, 0.1) is 0 Å². The van der Waals surface area contributed by atoms with Crippen molar-refractivity contribution in [3.8, 4) is 0 Å². The van der Waals surface area contributed by atoms with Gasteiger partial charge in [0.2, 0.25) is 5.91 Å². The molecule has 0 saturated carbocycles. The number of alkyl carbamates (subject to hydrolysis) is 1. The lowest BCUT2D eigenvalue weighted by molar-refractivity contribution is -0.135. The Morgan fingerprint density at radius 2 is 1.62 bits per heavy atom. The first-order chi connectivity index (χ1) is 15.6. The van der Waals surface area contributed by atoms with Gasteiger partial charge in [0.05, 0.1) is 12.0 Å². The molecule has 0 aliphatic carbocycles. The van der Waals surface area contributed by atoms with E-state index in [4.69, 9.17) is 4.74 Å². The fourth-order valence-corrected chi connectivity index (χ4v) is 3.27. The molecule has 1 heterocycles. The Morgan fingerprint density at radius 1 is 1.00 bits per heavy atom. The zero-order chi connectivity index (χ0) is 25.7. The third kappa shape index (κ3) is 7.90. The van der Waals surface area contributed by atoms with Crippen LogP contribution in [0.15, 0.2) is 42.9 Å². The van der Waals surface area contributed by atoms with Crippen molar-refractivity contribution in [3.05, 3.63) is 54.1 Å². The highest BCUT2D eigenvalue weighted by atomic mass is 16.6. The molecular weight excluding hydrogens is 434 g/mol. The average molecular weight is 472 g/mol. The number of benzene rings is 1. The quantitative estimate of drug-likeness (QED) is 0.575. The number of rotatable bonds is 7. The lowest BCUT2D eigenvalue weighted by atomic mass is 9.89. The third-order valence-corrected chi connectivity index (χ3v) is 4.85. The van der Waals surface area contributed by atoms with Crippen LogP contribution in [0.5, 0.6) is 0 Å². The van der Waals surface area contributed by atoms with Gasteiger partial charge in [-0.2, -0.15) is 0 Å². The molecule has 186 valence electrons. The van der Waals surface area contributed by atoms with Gasteiger partial charge in [-0.1, -0.05) is 30.3 Å². The molecule has 2 aromatic rings. The monoisotopic (exact) mass is 471 g/mol. The van der Waals surface area contributed by atoms with Gasteiger partial charge in [-0.15, -0.1) is 0 Å². The van der Waals surface area contributed by atoms with Gasteiger partial charge in [0.15, 0.2) is 0 Å². The molecule has 3 amide bonds. The summed E-state index contributed by atoms with van der Waals surface area (Å²) in [6, 6.07) is 7.97. The molecule has 0 bridgehead atoms. The van der Waals surface area contributed by atoms with E-state index in [1.807, 2.05) is 33.9 Å². The second kappa shape index (κ2) is 10.3. The highest BCUT2D eigenvalue weighted by Gasteiger charge is 2.40. The molecule has 0 fully saturated rings. The predicted octanol–water partition coefficient (Wildman–Crippen LogP) is 2.80. The van der Waals surface area contributed by atoms with Crippen molar-refractivity contribution >= 4 is 17.9 Å². The molecule has 0 unspecified atom stereocenters. The Labute approximate surface area is 201 Å². The minimum Gasteiger partial charge on any atom is -0.444 e. The van der Waals surface area contributed by atoms with Crippen molar-refractivity contribution in [3.63, 3.8) is 0 Å². The first-order valence-electron chi connectivity index (χ1n) is 11.3. The standard InChI is InChI=1S/C25H37N5O4/c1-23(2,3)29-21(32)25(7,17-12-10-9-11-13-17)28-20(31)19(14-18-15-30(8)16-26-18)27-22(33)34-24(4,5)6/h9-13,15-16,19H,14H2,1-8H3,(H,27,33)(H,28,31)(H,29,32)/t19-,25-/m0/s1. The summed E-state index contributed by atoms with van der Waals surface area (Å²) in [4.78, 5) is 43.7. The molecule has 9 heteroatoms. The summed E-state index contributed by atoms with van der Waals surface area (Å²) in [7, 11) is 1.82. The third-order valence-electron chi connectivity index (χ3n) is 4.85. The normalized spacial score (nSPS) is 14.5.